The maximum absolute atomic E-state index is 6.06. The number of hydrogen-bond donors (Lipinski definition) is 0. The lowest BCUT2D eigenvalue weighted by molar-refractivity contribution is 0.606. The second kappa shape index (κ2) is 3.70. The van der Waals surface area contributed by atoms with Gasteiger partial charge in [0.1, 0.15) is 11.0 Å². The van der Waals surface area contributed by atoms with E-state index in [9.17, 15) is 0 Å². The summed E-state index contributed by atoms with van der Waals surface area (Å²) in [7, 11) is 0. The summed E-state index contributed by atoms with van der Waals surface area (Å²) < 4.78 is 0.842. The van der Waals surface area contributed by atoms with Crippen LogP contribution in [0, 0.1) is 5.41 Å². The summed E-state index contributed by atoms with van der Waals surface area (Å²) in [5, 5.41) is 0.541. The third-order valence-electron chi connectivity index (χ3n) is 3.06. The fourth-order valence-electron chi connectivity index (χ4n) is 1.78. The van der Waals surface area contributed by atoms with Gasteiger partial charge in [0.2, 0.25) is 0 Å². The largest absolute Gasteiger partial charge is 0.236 e. The molecule has 1 unspecified atom stereocenters. The van der Waals surface area contributed by atoms with E-state index in [4.69, 9.17) is 11.6 Å². The molecule has 0 amide bonds. The zero-order valence-corrected chi connectivity index (χ0v) is 11.5. The molecule has 4 heteroatoms. The van der Waals surface area contributed by atoms with E-state index in [1.54, 1.807) is 0 Å². The Morgan fingerprint density at radius 2 is 2.07 bits per heavy atom. The minimum atomic E-state index is 0.349. The van der Waals surface area contributed by atoms with Crippen LogP contribution in [-0.2, 0) is 6.42 Å². The van der Waals surface area contributed by atoms with Crippen LogP contribution in [0.1, 0.15) is 44.6 Å². The van der Waals surface area contributed by atoms with Crippen LogP contribution in [0.4, 0.5) is 0 Å². The Hall–Kier alpha value is -0.150. The molecule has 0 radical (unpaired) electrons. The molecule has 0 aromatic carbocycles. The Morgan fingerprint density at radius 1 is 1.47 bits per heavy atom. The van der Waals surface area contributed by atoms with Crippen molar-refractivity contribution in [3.63, 3.8) is 0 Å². The van der Waals surface area contributed by atoms with Crippen molar-refractivity contribution in [2.24, 2.45) is 5.41 Å². The first-order valence-electron chi connectivity index (χ1n) is 5.17. The second-order valence-electron chi connectivity index (χ2n) is 4.73. The minimum Gasteiger partial charge on any atom is -0.236 e. The van der Waals surface area contributed by atoms with Gasteiger partial charge in [-0.1, -0.05) is 32.4 Å². The first-order chi connectivity index (χ1) is 6.95. The lowest BCUT2D eigenvalue weighted by Gasteiger charge is -2.07. The van der Waals surface area contributed by atoms with Crippen LogP contribution in [0.15, 0.2) is 4.47 Å². The van der Waals surface area contributed by atoms with Crippen molar-refractivity contribution in [1.82, 2.24) is 9.97 Å². The topological polar surface area (TPSA) is 25.8 Å². The summed E-state index contributed by atoms with van der Waals surface area (Å²) in [6, 6.07) is 0. The maximum Gasteiger partial charge on any atom is 0.147 e. The maximum atomic E-state index is 6.06. The molecule has 1 aromatic rings. The predicted octanol–water partition coefficient (Wildman–Crippen LogP) is 3.97. The van der Waals surface area contributed by atoms with Gasteiger partial charge in [-0.25, -0.2) is 9.97 Å². The molecule has 15 heavy (non-hydrogen) atoms. The van der Waals surface area contributed by atoms with Gasteiger partial charge >= 0.3 is 0 Å². The molecule has 1 atom stereocenters. The minimum absolute atomic E-state index is 0.349. The standard InChI is InChI=1S/C11H14BrClN2/c1-4-7-8(12)9(13)15-10(14-7)6-5-11(6,2)3/h6H,4-5H2,1-3H3. The van der Waals surface area contributed by atoms with Gasteiger partial charge in [0.05, 0.1) is 10.2 Å². The van der Waals surface area contributed by atoms with Crippen molar-refractivity contribution in [1.29, 1.82) is 0 Å². The van der Waals surface area contributed by atoms with Gasteiger partial charge in [0.25, 0.3) is 0 Å². The summed E-state index contributed by atoms with van der Waals surface area (Å²) in [5.74, 6) is 1.39. The number of rotatable bonds is 2. The van der Waals surface area contributed by atoms with Crippen LogP contribution in [-0.4, -0.2) is 9.97 Å². The van der Waals surface area contributed by atoms with E-state index in [-0.39, 0.29) is 0 Å². The Kier molecular flexibility index (Phi) is 2.80. The highest BCUT2D eigenvalue weighted by atomic mass is 79.9. The third-order valence-corrected chi connectivity index (χ3v) is 4.39. The van der Waals surface area contributed by atoms with Gasteiger partial charge in [0.15, 0.2) is 0 Å². The zero-order valence-electron chi connectivity index (χ0n) is 9.14. The molecule has 0 aliphatic heterocycles. The Bertz CT molecular complexity index is 404. The van der Waals surface area contributed by atoms with E-state index in [1.807, 2.05) is 0 Å². The highest BCUT2D eigenvalue weighted by molar-refractivity contribution is 9.10. The predicted molar refractivity (Wildman–Crippen MR) is 65.3 cm³/mol. The zero-order chi connectivity index (χ0) is 11.2. The summed E-state index contributed by atoms with van der Waals surface area (Å²) in [6.07, 6.45) is 2.04. The van der Waals surface area contributed by atoms with E-state index < -0.39 is 0 Å². The molecule has 1 aliphatic rings. The smallest absolute Gasteiger partial charge is 0.147 e. The third kappa shape index (κ3) is 2.04. The van der Waals surface area contributed by atoms with E-state index in [0.717, 1.165) is 28.8 Å². The van der Waals surface area contributed by atoms with Crippen molar-refractivity contribution in [3.8, 4) is 0 Å². The van der Waals surface area contributed by atoms with Crippen LogP contribution >= 0.6 is 27.5 Å². The molecule has 2 rings (SSSR count). The first kappa shape index (κ1) is 11.3. The van der Waals surface area contributed by atoms with Crippen LogP contribution in [0.2, 0.25) is 5.15 Å². The fourth-order valence-corrected chi connectivity index (χ4v) is 2.43. The molecule has 0 saturated heterocycles. The average Bonchev–Trinajstić information content (AvgIpc) is 2.80. The molecule has 0 bridgehead atoms. The highest BCUT2D eigenvalue weighted by Crippen LogP contribution is 2.57. The summed E-state index contributed by atoms with van der Waals surface area (Å²) in [4.78, 5) is 8.91. The Labute approximate surface area is 104 Å². The van der Waals surface area contributed by atoms with Crippen molar-refractivity contribution >= 4 is 27.5 Å². The molecule has 2 nitrogen and oxygen atoms in total. The van der Waals surface area contributed by atoms with Crippen molar-refractivity contribution < 1.29 is 0 Å². The van der Waals surface area contributed by atoms with Gasteiger partial charge in [-0.15, -0.1) is 0 Å². The van der Waals surface area contributed by atoms with Crippen molar-refractivity contribution in [2.75, 3.05) is 0 Å². The van der Waals surface area contributed by atoms with Gasteiger partial charge < -0.3 is 0 Å². The van der Waals surface area contributed by atoms with E-state index in [1.165, 1.54) is 0 Å². The number of halogens is 2. The lowest BCUT2D eigenvalue weighted by Crippen LogP contribution is -2.02. The first-order valence-corrected chi connectivity index (χ1v) is 6.34. The number of aryl methyl sites for hydroxylation is 1. The van der Waals surface area contributed by atoms with Gasteiger partial charge in [-0.05, 0) is 34.2 Å². The molecule has 82 valence electrons. The molecule has 1 saturated carbocycles. The Morgan fingerprint density at radius 3 is 2.53 bits per heavy atom. The molecule has 1 heterocycles. The van der Waals surface area contributed by atoms with Gasteiger partial charge in [-0.3, -0.25) is 0 Å². The monoisotopic (exact) mass is 288 g/mol. The molecular formula is C11H14BrClN2. The van der Waals surface area contributed by atoms with E-state index in [0.29, 0.717) is 16.5 Å². The molecule has 0 N–H and O–H groups in total. The quantitative estimate of drug-likeness (QED) is 0.770. The number of hydrogen-bond acceptors (Lipinski definition) is 2. The van der Waals surface area contributed by atoms with Crippen LogP contribution in [0.5, 0.6) is 0 Å². The van der Waals surface area contributed by atoms with Crippen LogP contribution in [0.25, 0.3) is 0 Å². The molecular weight excluding hydrogens is 275 g/mol. The molecule has 1 aromatic heterocycles. The van der Waals surface area contributed by atoms with Crippen molar-refractivity contribution in [2.45, 2.75) is 39.5 Å². The van der Waals surface area contributed by atoms with Crippen LogP contribution in [0.3, 0.4) is 0 Å². The van der Waals surface area contributed by atoms with E-state index in [2.05, 4.69) is 46.7 Å². The second-order valence-corrected chi connectivity index (χ2v) is 5.88. The lowest BCUT2D eigenvalue weighted by atomic mass is 10.1. The van der Waals surface area contributed by atoms with Gasteiger partial charge in [-0.2, -0.15) is 0 Å². The summed E-state index contributed by atoms with van der Waals surface area (Å²) in [6.45, 7) is 6.55. The highest BCUT2D eigenvalue weighted by Gasteiger charge is 2.48. The van der Waals surface area contributed by atoms with E-state index >= 15 is 0 Å². The van der Waals surface area contributed by atoms with Crippen LogP contribution < -0.4 is 0 Å². The Balaban J connectivity index is 2.39. The molecule has 1 fully saturated rings. The normalized spacial score (nSPS) is 22.9. The average molecular weight is 290 g/mol. The molecule has 0 spiro atoms. The summed E-state index contributed by atoms with van der Waals surface area (Å²) >= 11 is 9.48. The van der Waals surface area contributed by atoms with Gasteiger partial charge in [0, 0.05) is 5.92 Å². The molecule has 1 aliphatic carbocycles. The van der Waals surface area contributed by atoms with Crippen molar-refractivity contribution in [3.05, 3.63) is 21.1 Å². The summed E-state index contributed by atoms with van der Waals surface area (Å²) in [5.41, 5.74) is 1.36. The number of nitrogens with zero attached hydrogens (tertiary/aromatic N) is 2. The number of aromatic nitrogens is 2. The SMILES string of the molecule is CCc1nc(C2CC2(C)C)nc(Cl)c1Br. The fraction of sp³-hybridized carbons (Fsp3) is 0.636.